The Morgan fingerprint density at radius 1 is 1.12 bits per heavy atom. The molecule has 0 aliphatic carbocycles. The number of para-hydroxylation sites is 1. The van der Waals surface area contributed by atoms with E-state index in [-0.39, 0.29) is 18.4 Å². The predicted octanol–water partition coefficient (Wildman–Crippen LogP) is 1.96. The van der Waals surface area contributed by atoms with E-state index in [1.165, 1.54) is 5.56 Å². The van der Waals surface area contributed by atoms with E-state index in [1.54, 1.807) is 11.8 Å². The number of carbonyl (C=O) groups excluding carboxylic acids is 2. The molecule has 0 saturated carbocycles. The molecule has 0 aromatic heterocycles. The lowest BCUT2D eigenvalue weighted by Gasteiger charge is -2.30. The minimum absolute atomic E-state index is 0.0627. The first-order valence-corrected chi connectivity index (χ1v) is 8.51. The molecule has 5 nitrogen and oxygen atoms in total. The van der Waals surface area contributed by atoms with Gasteiger partial charge in [0.2, 0.25) is 11.8 Å². The minimum atomic E-state index is -1.18. The molecule has 1 atom stereocenters. The second-order valence-electron chi connectivity index (χ2n) is 6.53. The summed E-state index contributed by atoms with van der Waals surface area (Å²) in [7, 11) is 0. The lowest BCUT2D eigenvalue weighted by molar-refractivity contribution is -0.128. The van der Waals surface area contributed by atoms with E-state index in [9.17, 15) is 9.59 Å². The third-order valence-electron chi connectivity index (χ3n) is 4.66. The van der Waals surface area contributed by atoms with E-state index in [2.05, 4.69) is 5.32 Å². The summed E-state index contributed by atoms with van der Waals surface area (Å²) in [4.78, 5) is 26.8. The topological polar surface area (TPSA) is 75.4 Å². The highest BCUT2D eigenvalue weighted by atomic mass is 16.2. The summed E-state index contributed by atoms with van der Waals surface area (Å²) >= 11 is 0. The monoisotopic (exact) mass is 337 g/mol. The number of anilines is 1. The molecular formula is C20H23N3O2. The van der Waals surface area contributed by atoms with Crippen molar-refractivity contribution in [2.45, 2.75) is 25.3 Å². The summed E-state index contributed by atoms with van der Waals surface area (Å²) in [6.07, 6.45) is 1.90. The van der Waals surface area contributed by atoms with E-state index in [0.717, 1.165) is 18.5 Å². The lowest BCUT2D eigenvalue weighted by Crippen LogP contribution is -2.52. The molecule has 0 spiro atoms. The Bertz CT molecular complexity index is 772. The van der Waals surface area contributed by atoms with Crippen molar-refractivity contribution in [2.75, 3.05) is 18.0 Å². The van der Waals surface area contributed by atoms with Gasteiger partial charge in [0.1, 0.15) is 5.54 Å². The fourth-order valence-corrected chi connectivity index (χ4v) is 3.14. The van der Waals surface area contributed by atoms with Crippen molar-refractivity contribution in [3.63, 3.8) is 0 Å². The van der Waals surface area contributed by atoms with Crippen LogP contribution in [0.2, 0.25) is 0 Å². The molecule has 1 aliphatic heterocycles. The van der Waals surface area contributed by atoms with Gasteiger partial charge in [-0.3, -0.25) is 9.59 Å². The SMILES string of the molecule is CC(N)(C(=O)NCC(=O)N1CCCc2ccccc21)c1ccccc1. The molecule has 0 bridgehead atoms. The molecule has 3 N–H and O–H groups in total. The number of hydrogen-bond donors (Lipinski definition) is 2. The van der Waals surface area contributed by atoms with Crippen LogP contribution in [0, 0.1) is 0 Å². The molecule has 130 valence electrons. The fraction of sp³-hybridized carbons (Fsp3) is 0.300. The van der Waals surface area contributed by atoms with Gasteiger partial charge in [-0.2, -0.15) is 0 Å². The smallest absolute Gasteiger partial charge is 0.246 e. The van der Waals surface area contributed by atoms with Crippen LogP contribution in [0.4, 0.5) is 5.69 Å². The Labute approximate surface area is 147 Å². The van der Waals surface area contributed by atoms with E-state index >= 15 is 0 Å². The van der Waals surface area contributed by atoms with Gasteiger partial charge in [-0.25, -0.2) is 0 Å². The average Bonchev–Trinajstić information content (AvgIpc) is 2.66. The number of hydrogen-bond acceptors (Lipinski definition) is 3. The molecule has 25 heavy (non-hydrogen) atoms. The van der Waals surface area contributed by atoms with Crippen molar-refractivity contribution in [1.29, 1.82) is 0 Å². The van der Waals surface area contributed by atoms with Crippen molar-refractivity contribution in [3.8, 4) is 0 Å². The number of carbonyl (C=O) groups is 2. The lowest BCUT2D eigenvalue weighted by atomic mass is 9.92. The van der Waals surface area contributed by atoms with Crippen molar-refractivity contribution in [2.24, 2.45) is 5.73 Å². The Hall–Kier alpha value is -2.66. The third-order valence-corrected chi connectivity index (χ3v) is 4.66. The van der Waals surface area contributed by atoms with Crippen LogP contribution >= 0.6 is 0 Å². The molecule has 2 aromatic rings. The van der Waals surface area contributed by atoms with Gasteiger partial charge < -0.3 is 16.0 Å². The van der Waals surface area contributed by atoms with E-state index in [0.29, 0.717) is 12.1 Å². The Morgan fingerprint density at radius 2 is 1.80 bits per heavy atom. The molecule has 1 unspecified atom stereocenters. The number of amides is 2. The average molecular weight is 337 g/mol. The van der Waals surface area contributed by atoms with Gasteiger partial charge in [-0.15, -0.1) is 0 Å². The van der Waals surface area contributed by atoms with Crippen LogP contribution in [0.25, 0.3) is 0 Å². The number of nitrogens with one attached hydrogen (secondary N) is 1. The van der Waals surface area contributed by atoms with Crippen LogP contribution < -0.4 is 16.0 Å². The van der Waals surface area contributed by atoms with Gasteiger partial charge in [0, 0.05) is 12.2 Å². The number of fused-ring (bicyclic) bond motifs is 1. The Morgan fingerprint density at radius 3 is 2.56 bits per heavy atom. The van der Waals surface area contributed by atoms with E-state index < -0.39 is 5.54 Å². The number of rotatable bonds is 4. The number of aryl methyl sites for hydroxylation is 1. The van der Waals surface area contributed by atoms with Crippen LogP contribution in [-0.4, -0.2) is 24.9 Å². The number of nitrogens with two attached hydrogens (primary N) is 1. The normalized spacial score (nSPS) is 15.8. The van der Waals surface area contributed by atoms with Crippen molar-refractivity contribution >= 4 is 17.5 Å². The van der Waals surface area contributed by atoms with Gasteiger partial charge in [-0.05, 0) is 37.0 Å². The Balaban J connectivity index is 1.66. The highest BCUT2D eigenvalue weighted by Gasteiger charge is 2.31. The first-order valence-electron chi connectivity index (χ1n) is 8.51. The number of nitrogens with zero attached hydrogens (tertiary/aromatic N) is 1. The minimum Gasteiger partial charge on any atom is -0.345 e. The first-order chi connectivity index (χ1) is 12.0. The van der Waals surface area contributed by atoms with E-state index in [4.69, 9.17) is 5.73 Å². The molecule has 3 rings (SSSR count). The van der Waals surface area contributed by atoms with Gasteiger partial charge in [-0.1, -0.05) is 48.5 Å². The molecule has 1 aliphatic rings. The quantitative estimate of drug-likeness (QED) is 0.895. The van der Waals surface area contributed by atoms with Crippen LogP contribution in [0.3, 0.4) is 0 Å². The van der Waals surface area contributed by atoms with Crippen LogP contribution in [-0.2, 0) is 21.5 Å². The molecule has 0 radical (unpaired) electrons. The maximum Gasteiger partial charge on any atom is 0.246 e. The largest absolute Gasteiger partial charge is 0.345 e. The zero-order valence-corrected chi connectivity index (χ0v) is 14.4. The number of benzene rings is 2. The molecular weight excluding hydrogens is 314 g/mol. The maximum absolute atomic E-state index is 12.6. The van der Waals surface area contributed by atoms with Crippen LogP contribution in [0.15, 0.2) is 54.6 Å². The highest BCUT2D eigenvalue weighted by Crippen LogP contribution is 2.26. The second-order valence-corrected chi connectivity index (χ2v) is 6.53. The van der Waals surface area contributed by atoms with Crippen LogP contribution in [0.5, 0.6) is 0 Å². The van der Waals surface area contributed by atoms with E-state index in [1.807, 2.05) is 54.6 Å². The molecule has 5 heteroatoms. The van der Waals surface area contributed by atoms with Crippen LogP contribution in [0.1, 0.15) is 24.5 Å². The summed E-state index contributed by atoms with van der Waals surface area (Å²) in [5.74, 6) is -0.485. The Kier molecular flexibility index (Phi) is 4.86. The zero-order chi connectivity index (χ0) is 17.9. The molecule has 0 saturated heterocycles. The fourth-order valence-electron chi connectivity index (χ4n) is 3.14. The van der Waals surface area contributed by atoms with Crippen molar-refractivity contribution < 1.29 is 9.59 Å². The van der Waals surface area contributed by atoms with Gasteiger partial charge in [0.25, 0.3) is 0 Å². The molecule has 2 amide bonds. The predicted molar refractivity (Wildman–Crippen MR) is 98.1 cm³/mol. The van der Waals surface area contributed by atoms with Crippen molar-refractivity contribution in [1.82, 2.24) is 5.32 Å². The summed E-state index contributed by atoms with van der Waals surface area (Å²) in [5, 5.41) is 2.69. The first kappa shape index (κ1) is 17.2. The van der Waals surface area contributed by atoms with Gasteiger partial charge in [0.15, 0.2) is 0 Å². The van der Waals surface area contributed by atoms with Gasteiger partial charge in [0.05, 0.1) is 6.54 Å². The maximum atomic E-state index is 12.6. The standard InChI is InChI=1S/C20H23N3O2/c1-20(21,16-10-3-2-4-11-16)19(25)22-14-18(24)23-13-7-9-15-8-5-6-12-17(15)23/h2-6,8,10-12H,7,9,13-14,21H2,1H3,(H,22,25). The summed E-state index contributed by atoms with van der Waals surface area (Å²) in [6, 6.07) is 17.1. The summed E-state index contributed by atoms with van der Waals surface area (Å²) in [6.45, 7) is 2.26. The molecule has 1 heterocycles. The molecule has 2 aromatic carbocycles. The highest BCUT2D eigenvalue weighted by molar-refractivity contribution is 5.98. The zero-order valence-electron chi connectivity index (χ0n) is 14.4. The third kappa shape index (κ3) is 3.56. The second kappa shape index (κ2) is 7.07. The molecule has 0 fully saturated rings. The summed E-state index contributed by atoms with van der Waals surface area (Å²) < 4.78 is 0. The van der Waals surface area contributed by atoms with Crippen molar-refractivity contribution in [3.05, 3.63) is 65.7 Å². The van der Waals surface area contributed by atoms with Gasteiger partial charge >= 0.3 is 0 Å². The summed E-state index contributed by atoms with van der Waals surface area (Å²) in [5.41, 5.74) is 7.82.